The average molecular weight is 226 g/mol. The summed E-state index contributed by atoms with van der Waals surface area (Å²) in [7, 11) is 0. The predicted octanol–water partition coefficient (Wildman–Crippen LogP) is -3.52. The number of allylic oxidation sites excluding steroid dienone is 4. The van der Waals surface area contributed by atoms with Crippen molar-refractivity contribution in [3.05, 3.63) is 23.3 Å². The van der Waals surface area contributed by atoms with Gasteiger partial charge in [0.25, 0.3) is 0 Å². The van der Waals surface area contributed by atoms with Crippen LogP contribution in [0.5, 0.6) is 0 Å². The van der Waals surface area contributed by atoms with Crippen molar-refractivity contribution in [1.29, 1.82) is 0 Å². The molecule has 1 rings (SSSR count). The van der Waals surface area contributed by atoms with Gasteiger partial charge in [0, 0.05) is 0 Å². The van der Waals surface area contributed by atoms with Crippen LogP contribution in [0.4, 0.5) is 0 Å². The third kappa shape index (κ3) is 5.08. The second-order valence-electron chi connectivity index (χ2n) is 2.10. The number of hydrogen-bond donors (Lipinski definition) is 0. The van der Waals surface area contributed by atoms with E-state index in [1.165, 1.54) is 11.1 Å². The van der Waals surface area contributed by atoms with Crippen LogP contribution in [0.3, 0.4) is 0 Å². The Bertz CT molecular complexity index is 150. The van der Waals surface area contributed by atoms with Gasteiger partial charge < -0.3 is 24.8 Å². The molecule has 1 aliphatic carbocycles. The molecule has 0 nitrogen and oxygen atoms in total. The van der Waals surface area contributed by atoms with E-state index < -0.39 is 0 Å². The van der Waals surface area contributed by atoms with Gasteiger partial charge in [0.05, 0.1) is 0 Å². The van der Waals surface area contributed by atoms with Gasteiger partial charge in [0.1, 0.15) is 0 Å². The van der Waals surface area contributed by atoms with Crippen molar-refractivity contribution in [3.63, 3.8) is 0 Å². The molecule has 3 heteroatoms. The number of halogens is 2. The summed E-state index contributed by atoms with van der Waals surface area (Å²) in [6.07, 6.45) is 7.68. The van der Waals surface area contributed by atoms with E-state index in [4.69, 9.17) is 0 Å². The topological polar surface area (TPSA) is 0 Å². The van der Waals surface area contributed by atoms with E-state index in [0.717, 1.165) is 12.8 Å². The molecule has 0 aromatic rings. The first-order valence-corrected chi connectivity index (χ1v) is 3.11. The van der Waals surface area contributed by atoms with Gasteiger partial charge in [-0.1, -0.05) is 13.3 Å². The summed E-state index contributed by atoms with van der Waals surface area (Å²) in [5.41, 5.74) is 2.83. The molecule has 0 aromatic heterocycles. The van der Waals surface area contributed by atoms with Crippen LogP contribution < -0.4 is 24.8 Å². The Hall–Kier alpha value is 0.774. The first-order valence-electron chi connectivity index (χ1n) is 3.11. The number of rotatable bonds is 1. The van der Waals surface area contributed by atoms with Crippen LogP contribution in [0.2, 0.25) is 0 Å². The molecule has 0 N–H and O–H groups in total. The molecule has 61 valence electrons. The SMILES string of the molecule is CCC1=[C-]CC=C1C.[Cl-].[Cl-].[Ti+3]. The molecule has 0 aliphatic heterocycles. The number of hydrogen-bond acceptors (Lipinski definition) is 0. The van der Waals surface area contributed by atoms with Crippen LogP contribution in [0.25, 0.3) is 0 Å². The molecule has 1 aliphatic rings. The molecular weight excluding hydrogens is 215 g/mol. The molecule has 0 fully saturated rings. The van der Waals surface area contributed by atoms with Gasteiger partial charge in [-0.2, -0.15) is 6.08 Å². The summed E-state index contributed by atoms with van der Waals surface area (Å²) in [6.45, 7) is 4.32. The third-order valence-electron chi connectivity index (χ3n) is 1.55. The normalized spacial score (nSPS) is 13.3. The molecular formula is C8H11Cl2Ti. The van der Waals surface area contributed by atoms with Crippen molar-refractivity contribution in [3.8, 4) is 0 Å². The molecule has 0 saturated carbocycles. The third-order valence-corrected chi connectivity index (χ3v) is 1.55. The van der Waals surface area contributed by atoms with E-state index in [1.807, 2.05) is 0 Å². The van der Waals surface area contributed by atoms with Gasteiger partial charge in [-0.3, -0.25) is 6.08 Å². The van der Waals surface area contributed by atoms with E-state index in [2.05, 4.69) is 26.0 Å². The van der Waals surface area contributed by atoms with Gasteiger partial charge in [0.15, 0.2) is 0 Å². The Morgan fingerprint density at radius 2 is 2.00 bits per heavy atom. The molecule has 0 unspecified atom stereocenters. The van der Waals surface area contributed by atoms with E-state index in [1.54, 1.807) is 0 Å². The maximum absolute atomic E-state index is 3.28. The first-order chi connectivity index (χ1) is 3.84. The van der Waals surface area contributed by atoms with Crippen LogP contribution in [0.1, 0.15) is 26.7 Å². The monoisotopic (exact) mass is 225 g/mol. The van der Waals surface area contributed by atoms with Crippen molar-refractivity contribution in [2.75, 3.05) is 0 Å². The van der Waals surface area contributed by atoms with E-state index >= 15 is 0 Å². The average Bonchev–Trinajstić information content (AvgIpc) is 2.14. The van der Waals surface area contributed by atoms with Gasteiger partial charge in [-0.25, -0.2) is 11.1 Å². The Labute approximate surface area is 96.2 Å². The minimum absolute atomic E-state index is 0. The molecule has 1 radical (unpaired) electrons. The second-order valence-corrected chi connectivity index (χ2v) is 2.10. The van der Waals surface area contributed by atoms with Gasteiger partial charge in [0.2, 0.25) is 0 Å². The molecule has 0 spiro atoms. The molecule has 0 aromatic carbocycles. The zero-order chi connectivity index (χ0) is 5.98. The predicted molar refractivity (Wildman–Crippen MR) is 35.4 cm³/mol. The quantitative estimate of drug-likeness (QED) is 0.321. The summed E-state index contributed by atoms with van der Waals surface area (Å²) in [5.74, 6) is 0. The Morgan fingerprint density at radius 3 is 2.18 bits per heavy atom. The minimum Gasteiger partial charge on any atom is -1.00 e. The van der Waals surface area contributed by atoms with E-state index in [9.17, 15) is 0 Å². The summed E-state index contributed by atoms with van der Waals surface area (Å²) in [5, 5.41) is 0. The fraction of sp³-hybridized carbons (Fsp3) is 0.500. The van der Waals surface area contributed by atoms with Gasteiger partial charge in [-0.15, -0.1) is 13.3 Å². The Kier molecular flexibility index (Phi) is 14.3. The summed E-state index contributed by atoms with van der Waals surface area (Å²) >= 11 is 0. The summed E-state index contributed by atoms with van der Waals surface area (Å²) in [6, 6.07) is 0. The summed E-state index contributed by atoms with van der Waals surface area (Å²) in [4.78, 5) is 0. The minimum atomic E-state index is 0. The van der Waals surface area contributed by atoms with Crippen molar-refractivity contribution in [2.45, 2.75) is 26.7 Å². The van der Waals surface area contributed by atoms with Crippen LogP contribution in [0.15, 0.2) is 17.2 Å². The van der Waals surface area contributed by atoms with Crippen molar-refractivity contribution in [1.82, 2.24) is 0 Å². The first kappa shape index (κ1) is 17.8. The Morgan fingerprint density at radius 1 is 1.45 bits per heavy atom. The van der Waals surface area contributed by atoms with Crippen LogP contribution >= 0.6 is 0 Å². The van der Waals surface area contributed by atoms with Gasteiger partial charge in [-0.05, 0) is 0 Å². The second kappa shape index (κ2) is 8.87. The molecule has 0 heterocycles. The summed E-state index contributed by atoms with van der Waals surface area (Å²) < 4.78 is 0. The fourth-order valence-corrected chi connectivity index (χ4v) is 0.994. The molecule has 0 atom stereocenters. The zero-order valence-electron chi connectivity index (χ0n) is 6.75. The molecule has 0 saturated heterocycles. The largest absolute Gasteiger partial charge is 3.00 e. The zero-order valence-corrected chi connectivity index (χ0v) is 9.82. The Balaban J connectivity index is -0.000000213. The molecule has 0 bridgehead atoms. The van der Waals surface area contributed by atoms with Crippen LogP contribution in [-0.4, -0.2) is 0 Å². The molecule has 11 heavy (non-hydrogen) atoms. The van der Waals surface area contributed by atoms with Crippen molar-refractivity contribution in [2.24, 2.45) is 0 Å². The van der Waals surface area contributed by atoms with E-state index in [-0.39, 0.29) is 46.5 Å². The van der Waals surface area contributed by atoms with Crippen LogP contribution in [-0.2, 0) is 21.7 Å². The maximum Gasteiger partial charge on any atom is 3.00 e. The van der Waals surface area contributed by atoms with Crippen molar-refractivity contribution < 1.29 is 46.5 Å². The standard InChI is InChI=1S/C8H11.2ClH.Ti/c1-3-8-6-4-5-7(8)2;;;/h5H,3-4H2,1-2H3;2*1H;/q-1;;;+3/p-2. The van der Waals surface area contributed by atoms with Crippen molar-refractivity contribution >= 4 is 0 Å². The smallest absolute Gasteiger partial charge is 1.00 e. The molecule has 0 amide bonds. The van der Waals surface area contributed by atoms with Gasteiger partial charge >= 0.3 is 21.7 Å². The van der Waals surface area contributed by atoms with Crippen LogP contribution in [0, 0.1) is 6.08 Å². The fourth-order valence-electron chi connectivity index (χ4n) is 0.994. The maximum atomic E-state index is 3.28. The van der Waals surface area contributed by atoms with E-state index in [0.29, 0.717) is 0 Å².